The van der Waals surface area contributed by atoms with Gasteiger partial charge in [0.1, 0.15) is 18.0 Å². The van der Waals surface area contributed by atoms with E-state index in [1.807, 2.05) is 17.0 Å². The number of hydrogen-bond donors (Lipinski definition) is 1. The van der Waals surface area contributed by atoms with Crippen molar-refractivity contribution < 1.29 is 42.1 Å². The third-order valence-corrected chi connectivity index (χ3v) is 4.75. The first-order valence-electron chi connectivity index (χ1n) is 8.91. The van der Waals surface area contributed by atoms with Crippen molar-refractivity contribution >= 4 is 11.9 Å². The number of likely N-dealkylation sites (tertiary alicyclic amines) is 1. The number of amides is 1. The highest BCUT2D eigenvalue weighted by molar-refractivity contribution is 5.78. The van der Waals surface area contributed by atoms with Gasteiger partial charge in [-0.1, -0.05) is 0 Å². The number of carbonyl (C=O) groups excluding carboxylic acids is 1. The zero-order valence-corrected chi connectivity index (χ0v) is 15.9. The number of carbonyl (C=O) groups is 2. The summed E-state index contributed by atoms with van der Waals surface area (Å²) < 4.78 is 48.3. The third-order valence-electron chi connectivity index (χ3n) is 4.75. The van der Waals surface area contributed by atoms with Crippen LogP contribution in [0.2, 0.25) is 0 Å². The molecule has 0 bridgehead atoms. The van der Waals surface area contributed by atoms with Gasteiger partial charge in [-0.2, -0.15) is 13.2 Å². The second kappa shape index (κ2) is 9.88. The van der Waals surface area contributed by atoms with Crippen LogP contribution in [0.3, 0.4) is 0 Å². The van der Waals surface area contributed by atoms with Crippen LogP contribution in [0.25, 0.3) is 0 Å². The number of carboxylic acids is 1. The predicted octanol–water partition coefficient (Wildman–Crippen LogP) is 1.75. The molecule has 2 aliphatic rings. The highest BCUT2D eigenvalue weighted by atomic mass is 19.4. The standard InChI is InChI=1S/C16H22N2O4.C2HF3O2/c1-20-10-15(19)18-11-16(12-18)13(5-8-22-16)4-7-21-14-3-2-6-17-9-14;3-2(4,5)1(6)7/h2-3,6,9,13H,4-5,7-8,10-12H2,1H3;(H,6,7). The number of hydrogen-bond acceptors (Lipinski definition) is 6. The van der Waals surface area contributed by atoms with E-state index in [0.29, 0.717) is 25.6 Å². The SMILES string of the molecule is COCC(=O)N1CC2(C1)OCCC2CCOc1cccnc1.O=C(O)C(F)(F)F. The highest BCUT2D eigenvalue weighted by Crippen LogP contribution is 2.41. The molecule has 0 aliphatic carbocycles. The first kappa shape index (κ1) is 22.9. The lowest BCUT2D eigenvalue weighted by molar-refractivity contribution is -0.192. The van der Waals surface area contributed by atoms with Gasteiger partial charge in [-0.15, -0.1) is 0 Å². The molecule has 162 valence electrons. The molecule has 1 aromatic rings. The molecular weight excluding hydrogens is 397 g/mol. The normalized spacial score (nSPS) is 19.9. The molecule has 8 nitrogen and oxygen atoms in total. The number of aliphatic carboxylic acids is 1. The first-order chi connectivity index (χ1) is 13.7. The fourth-order valence-electron chi connectivity index (χ4n) is 3.28. The number of nitrogens with zero attached hydrogens (tertiary/aromatic N) is 2. The van der Waals surface area contributed by atoms with Crippen molar-refractivity contribution in [3.8, 4) is 5.75 Å². The summed E-state index contributed by atoms with van der Waals surface area (Å²) in [5.41, 5.74) is -0.165. The van der Waals surface area contributed by atoms with Crippen LogP contribution >= 0.6 is 0 Å². The van der Waals surface area contributed by atoms with E-state index in [2.05, 4.69) is 4.98 Å². The number of methoxy groups -OCH3 is 1. The molecule has 29 heavy (non-hydrogen) atoms. The molecule has 2 aliphatic heterocycles. The maximum atomic E-state index is 11.8. The summed E-state index contributed by atoms with van der Waals surface area (Å²) in [5.74, 6) is -1.49. The van der Waals surface area contributed by atoms with Crippen LogP contribution < -0.4 is 4.74 Å². The Hall–Kier alpha value is -2.40. The fraction of sp³-hybridized carbons (Fsp3) is 0.611. The Morgan fingerprint density at radius 1 is 1.41 bits per heavy atom. The molecule has 3 rings (SSSR count). The summed E-state index contributed by atoms with van der Waals surface area (Å²) in [4.78, 5) is 26.5. The topological polar surface area (TPSA) is 98.2 Å². The molecule has 3 heterocycles. The van der Waals surface area contributed by atoms with Crippen LogP contribution in [-0.4, -0.2) is 78.7 Å². The summed E-state index contributed by atoms with van der Waals surface area (Å²) in [5, 5.41) is 7.12. The number of rotatable bonds is 6. The summed E-state index contributed by atoms with van der Waals surface area (Å²) in [6, 6.07) is 3.77. The number of pyridine rings is 1. The second-order valence-corrected chi connectivity index (χ2v) is 6.71. The zero-order chi connectivity index (χ0) is 21.5. The smallest absolute Gasteiger partial charge is 0.490 e. The third kappa shape index (κ3) is 6.29. The van der Waals surface area contributed by atoms with Crippen molar-refractivity contribution in [2.75, 3.05) is 40.0 Å². The molecule has 1 atom stereocenters. The summed E-state index contributed by atoms with van der Waals surface area (Å²) in [6.07, 6.45) is 0.325. The first-order valence-corrected chi connectivity index (χ1v) is 8.91. The van der Waals surface area contributed by atoms with Gasteiger partial charge in [0.25, 0.3) is 0 Å². The predicted molar refractivity (Wildman–Crippen MR) is 93.3 cm³/mol. The number of aromatic nitrogens is 1. The lowest BCUT2D eigenvalue weighted by atomic mass is 9.79. The van der Waals surface area contributed by atoms with E-state index < -0.39 is 12.1 Å². The summed E-state index contributed by atoms with van der Waals surface area (Å²) >= 11 is 0. The van der Waals surface area contributed by atoms with Crippen molar-refractivity contribution in [2.45, 2.75) is 24.6 Å². The van der Waals surface area contributed by atoms with Crippen molar-refractivity contribution in [1.82, 2.24) is 9.88 Å². The van der Waals surface area contributed by atoms with Gasteiger partial charge < -0.3 is 24.2 Å². The average molecular weight is 420 g/mol. The van der Waals surface area contributed by atoms with Crippen LogP contribution in [0, 0.1) is 5.92 Å². The molecule has 1 spiro atoms. The Balaban J connectivity index is 0.000000370. The lowest BCUT2D eigenvalue weighted by Gasteiger charge is -2.50. The highest BCUT2D eigenvalue weighted by Gasteiger charge is 2.54. The van der Waals surface area contributed by atoms with Crippen molar-refractivity contribution in [3.05, 3.63) is 24.5 Å². The molecule has 2 saturated heterocycles. The van der Waals surface area contributed by atoms with Gasteiger partial charge in [0.2, 0.25) is 5.91 Å². The average Bonchev–Trinajstić information content (AvgIpc) is 3.05. The minimum atomic E-state index is -5.08. The van der Waals surface area contributed by atoms with E-state index in [4.69, 9.17) is 24.1 Å². The Bertz CT molecular complexity index is 680. The van der Waals surface area contributed by atoms with Crippen molar-refractivity contribution in [2.24, 2.45) is 5.92 Å². The van der Waals surface area contributed by atoms with E-state index in [9.17, 15) is 18.0 Å². The maximum absolute atomic E-state index is 11.8. The second-order valence-electron chi connectivity index (χ2n) is 6.71. The van der Waals surface area contributed by atoms with Gasteiger partial charge in [0.15, 0.2) is 0 Å². The molecule has 2 fully saturated rings. The Kier molecular flexibility index (Phi) is 7.80. The molecule has 0 saturated carbocycles. The van der Waals surface area contributed by atoms with Gasteiger partial charge in [-0.05, 0) is 30.9 Å². The monoisotopic (exact) mass is 420 g/mol. The van der Waals surface area contributed by atoms with Gasteiger partial charge >= 0.3 is 12.1 Å². The number of alkyl halides is 3. The number of halogens is 3. The quantitative estimate of drug-likeness (QED) is 0.749. The summed E-state index contributed by atoms with van der Waals surface area (Å²) in [7, 11) is 1.54. The maximum Gasteiger partial charge on any atom is 0.490 e. The number of carboxylic acid groups (broad SMARTS) is 1. The Morgan fingerprint density at radius 3 is 2.66 bits per heavy atom. The minimum absolute atomic E-state index is 0.0361. The van der Waals surface area contributed by atoms with Gasteiger partial charge in [-0.25, -0.2) is 4.79 Å². The lowest BCUT2D eigenvalue weighted by Crippen LogP contribution is -2.66. The molecule has 1 unspecified atom stereocenters. The van der Waals surface area contributed by atoms with Crippen molar-refractivity contribution in [1.29, 1.82) is 0 Å². The van der Waals surface area contributed by atoms with E-state index in [1.165, 1.54) is 7.11 Å². The minimum Gasteiger partial charge on any atom is -0.492 e. The molecule has 1 N–H and O–H groups in total. The number of ether oxygens (including phenoxy) is 3. The van der Waals surface area contributed by atoms with E-state index in [-0.39, 0.29) is 18.1 Å². The van der Waals surface area contributed by atoms with Crippen LogP contribution in [0.5, 0.6) is 5.75 Å². The molecular formula is C18H23F3N2O6. The van der Waals surface area contributed by atoms with Crippen LogP contribution in [0.15, 0.2) is 24.5 Å². The Labute approximate surface area is 165 Å². The molecule has 0 radical (unpaired) electrons. The van der Waals surface area contributed by atoms with Crippen LogP contribution in [-0.2, 0) is 19.1 Å². The van der Waals surface area contributed by atoms with Crippen molar-refractivity contribution in [3.63, 3.8) is 0 Å². The molecule has 0 aromatic carbocycles. The Morgan fingerprint density at radius 2 is 2.10 bits per heavy atom. The van der Waals surface area contributed by atoms with E-state index in [0.717, 1.165) is 25.2 Å². The van der Waals surface area contributed by atoms with Gasteiger partial charge in [0, 0.05) is 19.9 Å². The van der Waals surface area contributed by atoms with E-state index in [1.54, 1.807) is 12.4 Å². The van der Waals surface area contributed by atoms with Crippen LogP contribution in [0.4, 0.5) is 13.2 Å². The molecule has 1 amide bonds. The molecule has 1 aromatic heterocycles. The fourth-order valence-corrected chi connectivity index (χ4v) is 3.28. The zero-order valence-electron chi connectivity index (χ0n) is 15.9. The van der Waals surface area contributed by atoms with Crippen LogP contribution in [0.1, 0.15) is 12.8 Å². The largest absolute Gasteiger partial charge is 0.492 e. The van der Waals surface area contributed by atoms with Gasteiger partial charge in [-0.3, -0.25) is 9.78 Å². The molecule has 11 heteroatoms. The van der Waals surface area contributed by atoms with E-state index >= 15 is 0 Å². The summed E-state index contributed by atoms with van der Waals surface area (Å²) in [6.45, 7) is 2.90. The van der Waals surface area contributed by atoms with Gasteiger partial charge in [0.05, 0.1) is 25.9 Å².